The van der Waals surface area contributed by atoms with Gasteiger partial charge >= 0.3 is 0 Å². The molecule has 88 valence electrons. The Hall–Kier alpha value is -1.19. The summed E-state index contributed by atoms with van der Waals surface area (Å²) in [4.78, 5) is 0. The summed E-state index contributed by atoms with van der Waals surface area (Å²) in [5.41, 5.74) is 8.38. The van der Waals surface area contributed by atoms with Crippen LogP contribution in [0.1, 0.15) is 22.7 Å². The van der Waals surface area contributed by atoms with Crippen molar-refractivity contribution in [2.45, 2.75) is 13.0 Å². The van der Waals surface area contributed by atoms with Crippen molar-refractivity contribution in [3.05, 3.63) is 69.4 Å². The third-order valence-corrected chi connectivity index (χ3v) is 3.25. The molecule has 17 heavy (non-hydrogen) atoms. The molecule has 0 aliphatic rings. The predicted octanol–water partition coefficient (Wildman–Crippen LogP) is 3.94. The molecule has 2 aromatic carbocycles. The van der Waals surface area contributed by atoms with Gasteiger partial charge in [-0.05, 0) is 36.2 Å². The highest BCUT2D eigenvalue weighted by Gasteiger charge is 2.13. The second kappa shape index (κ2) is 4.98. The van der Waals surface area contributed by atoms with Crippen molar-refractivity contribution >= 4 is 15.9 Å². The van der Waals surface area contributed by atoms with Gasteiger partial charge in [-0.15, -0.1) is 0 Å². The summed E-state index contributed by atoms with van der Waals surface area (Å²) in [6.45, 7) is 1.86. The predicted molar refractivity (Wildman–Crippen MR) is 71.3 cm³/mol. The smallest absolute Gasteiger partial charge is 0.128 e. The highest BCUT2D eigenvalue weighted by Crippen LogP contribution is 2.24. The minimum absolute atomic E-state index is 0.250. The van der Waals surface area contributed by atoms with E-state index in [2.05, 4.69) is 15.9 Å². The highest BCUT2D eigenvalue weighted by atomic mass is 79.9. The van der Waals surface area contributed by atoms with Crippen LogP contribution >= 0.6 is 15.9 Å². The molecule has 0 saturated carbocycles. The maximum atomic E-state index is 13.8. The van der Waals surface area contributed by atoms with E-state index in [0.717, 1.165) is 15.6 Å². The van der Waals surface area contributed by atoms with Crippen LogP contribution in [0.4, 0.5) is 4.39 Å². The molecule has 2 aromatic rings. The summed E-state index contributed by atoms with van der Waals surface area (Å²) in [6.07, 6.45) is 0. The molecule has 0 bridgehead atoms. The second-order valence-electron chi connectivity index (χ2n) is 4.05. The SMILES string of the molecule is Cc1ccc(C(N)c2ccc(Br)cc2)c(F)c1. The van der Waals surface area contributed by atoms with Crippen LogP contribution in [0.5, 0.6) is 0 Å². The van der Waals surface area contributed by atoms with Crippen LogP contribution < -0.4 is 5.73 Å². The first-order valence-electron chi connectivity index (χ1n) is 5.35. The van der Waals surface area contributed by atoms with E-state index in [-0.39, 0.29) is 5.82 Å². The van der Waals surface area contributed by atoms with Gasteiger partial charge in [-0.2, -0.15) is 0 Å². The van der Waals surface area contributed by atoms with E-state index in [1.54, 1.807) is 6.07 Å². The van der Waals surface area contributed by atoms with Crippen LogP contribution in [0.25, 0.3) is 0 Å². The Labute approximate surface area is 109 Å². The monoisotopic (exact) mass is 293 g/mol. The van der Waals surface area contributed by atoms with Crippen LogP contribution in [0.2, 0.25) is 0 Å². The minimum atomic E-state index is -0.427. The van der Waals surface area contributed by atoms with Gasteiger partial charge < -0.3 is 5.73 Å². The number of halogens is 2. The van der Waals surface area contributed by atoms with Gasteiger partial charge in [0.05, 0.1) is 6.04 Å². The fraction of sp³-hybridized carbons (Fsp3) is 0.143. The molecule has 3 heteroatoms. The summed E-state index contributed by atoms with van der Waals surface area (Å²) in [5, 5.41) is 0. The maximum Gasteiger partial charge on any atom is 0.128 e. The van der Waals surface area contributed by atoms with E-state index >= 15 is 0 Å². The number of hydrogen-bond donors (Lipinski definition) is 1. The van der Waals surface area contributed by atoms with Crippen molar-refractivity contribution in [3.8, 4) is 0 Å². The van der Waals surface area contributed by atoms with Gasteiger partial charge in [0.15, 0.2) is 0 Å². The first-order chi connectivity index (χ1) is 8.08. The fourth-order valence-electron chi connectivity index (χ4n) is 1.73. The van der Waals surface area contributed by atoms with Gasteiger partial charge in [0.1, 0.15) is 5.82 Å². The summed E-state index contributed by atoms with van der Waals surface area (Å²) in [6, 6.07) is 12.3. The van der Waals surface area contributed by atoms with E-state index in [0.29, 0.717) is 5.56 Å². The molecule has 0 fully saturated rings. The molecule has 1 atom stereocenters. The zero-order valence-corrected chi connectivity index (χ0v) is 11.0. The summed E-state index contributed by atoms with van der Waals surface area (Å²) < 4.78 is 14.8. The molecular weight excluding hydrogens is 281 g/mol. The number of aryl methyl sites for hydroxylation is 1. The molecule has 0 aliphatic carbocycles. The van der Waals surface area contributed by atoms with Crippen LogP contribution in [-0.4, -0.2) is 0 Å². The van der Waals surface area contributed by atoms with E-state index in [1.165, 1.54) is 6.07 Å². The van der Waals surface area contributed by atoms with Gasteiger partial charge in [-0.1, -0.05) is 40.2 Å². The highest BCUT2D eigenvalue weighted by molar-refractivity contribution is 9.10. The molecule has 0 heterocycles. The van der Waals surface area contributed by atoms with Crippen LogP contribution in [0.15, 0.2) is 46.9 Å². The van der Waals surface area contributed by atoms with Crippen molar-refractivity contribution in [1.82, 2.24) is 0 Å². The van der Waals surface area contributed by atoms with Crippen molar-refractivity contribution in [2.75, 3.05) is 0 Å². The quantitative estimate of drug-likeness (QED) is 0.892. The summed E-state index contributed by atoms with van der Waals surface area (Å²) >= 11 is 3.36. The first-order valence-corrected chi connectivity index (χ1v) is 6.14. The summed E-state index contributed by atoms with van der Waals surface area (Å²) in [5.74, 6) is -0.250. The van der Waals surface area contributed by atoms with E-state index in [9.17, 15) is 4.39 Å². The van der Waals surface area contributed by atoms with E-state index in [4.69, 9.17) is 5.73 Å². The summed E-state index contributed by atoms with van der Waals surface area (Å²) in [7, 11) is 0. The lowest BCUT2D eigenvalue weighted by atomic mass is 9.98. The lowest BCUT2D eigenvalue weighted by molar-refractivity contribution is 0.598. The van der Waals surface area contributed by atoms with Crippen molar-refractivity contribution < 1.29 is 4.39 Å². The number of nitrogens with two attached hydrogens (primary N) is 1. The number of benzene rings is 2. The molecule has 0 saturated heterocycles. The van der Waals surface area contributed by atoms with Crippen molar-refractivity contribution in [2.24, 2.45) is 5.73 Å². The average Bonchev–Trinajstić information content (AvgIpc) is 2.29. The third-order valence-electron chi connectivity index (χ3n) is 2.72. The molecular formula is C14H13BrFN. The molecule has 1 nitrogen and oxygen atoms in total. The maximum absolute atomic E-state index is 13.8. The standard InChI is InChI=1S/C14H13BrFN/c1-9-2-7-12(13(16)8-9)14(17)10-3-5-11(15)6-4-10/h2-8,14H,17H2,1H3. The van der Waals surface area contributed by atoms with E-state index in [1.807, 2.05) is 37.3 Å². The number of rotatable bonds is 2. The Balaban J connectivity index is 2.36. The Morgan fingerprint density at radius 2 is 1.76 bits per heavy atom. The molecule has 0 aliphatic heterocycles. The average molecular weight is 294 g/mol. The van der Waals surface area contributed by atoms with Crippen molar-refractivity contribution in [3.63, 3.8) is 0 Å². The molecule has 0 amide bonds. The molecule has 0 spiro atoms. The van der Waals surface area contributed by atoms with Crippen LogP contribution in [0.3, 0.4) is 0 Å². The molecule has 0 aromatic heterocycles. The van der Waals surface area contributed by atoms with Gasteiger partial charge in [-0.25, -0.2) is 4.39 Å². The molecule has 0 radical (unpaired) electrons. The van der Waals surface area contributed by atoms with E-state index < -0.39 is 6.04 Å². The Kier molecular flexibility index (Phi) is 3.60. The van der Waals surface area contributed by atoms with Crippen molar-refractivity contribution in [1.29, 1.82) is 0 Å². The lowest BCUT2D eigenvalue weighted by Gasteiger charge is -2.14. The first kappa shape index (κ1) is 12.3. The zero-order chi connectivity index (χ0) is 12.4. The van der Waals surface area contributed by atoms with Gasteiger partial charge in [0.2, 0.25) is 0 Å². The van der Waals surface area contributed by atoms with Crippen LogP contribution in [-0.2, 0) is 0 Å². The molecule has 2 rings (SSSR count). The lowest BCUT2D eigenvalue weighted by Crippen LogP contribution is -2.13. The Bertz CT molecular complexity index is 522. The van der Waals surface area contributed by atoms with Crippen LogP contribution in [0, 0.1) is 12.7 Å². The Morgan fingerprint density at radius 3 is 2.35 bits per heavy atom. The van der Waals surface area contributed by atoms with Gasteiger partial charge in [0.25, 0.3) is 0 Å². The Morgan fingerprint density at radius 1 is 1.12 bits per heavy atom. The molecule has 1 unspecified atom stereocenters. The normalized spacial score (nSPS) is 12.5. The topological polar surface area (TPSA) is 26.0 Å². The fourth-order valence-corrected chi connectivity index (χ4v) is 2.00. The van der Waals surface area contributed by atoms with Gasteiger partial charge in [0, 0.05) is 10.0 Å². The largest absolute Gasteiger partial charge is 0.320 e. The second-order valence-corrected chi connectivity index (χ2v) is 4.97. The van der Waals surface area contributed by atoms with Gasteiger partial charge in [-0.3, -0.25) is 0 Å². The zero-order valence-electron chi connectivity index (χ0n) is 9.45. The minimum Gasteiger partial charge on any atom is -0.320 e. The number of hydrogen-bond acceptors (Lipinski definition) is 1. The molecule has 2 N–H and O–H groups in total. The third kappa shape index (κ3) is 2.73.